The maximum absolute atomic E-state index is 12.7. The number of nitrogens with one attached hydrogen (secondary N) is 1. The summed E-state index contributed by atoms with van der Waals surface area (Å²) in [6, 6.07) is 5.90. The Morgan fingerprint density at radius 1 is 1.35 bits per heavy atom. The van der Waals surface area contributed by atoms with Gasteiger partial charge in [-0.25, -0.2) is 0 Å². The second-order valence-corrected chi connectivity index (χ2v) is 6.33. The molecule has 0 aliphatic rings. The number of benzene rings is 1. The topological polar surface area (TPSA) is 63.5 Å². The fourth-order valence-corrected chi connectivity index (χ4v) is 2.79. The number of rotatable bonds is 6. The van der Waals surface area contributed by atoms with E-state index in [9.17, 15) is 9.90 Å². The summed E-state index contributed by atoms with van der Waals surface area (Å²) in [5.41, 5.74) is 1.92. The zero-order valence-electron chi connectivity index (χ0n) is 14.6. The number of hydrogen-bond donors (Lipinski definition) is 2. The number of aromatic nitrogens is 1. The van der Waals surface area contributed by atoms with Gasteiger partial charge in [-0.15, -0.1) is 0 Å². The van der Waals surface area contributed by atoms with E-state index in [1.807, 2.05) is 43.5 Å². The van der Waals surface area contributed by atoms with Gasteiger partial charge in [0.05, 0.1) is 18.8 Å². The molecule has 2 N–H and O–H groups in total. The summed E-state index contributed by atoms with van der Waals surface area (Å²) in [6.45, 7) is 10.7. The molecule has 0 saturated carbocycles. The molecular weight excluding hydrogens is 292 g/mol. The van der Waals surface area contributed by atoms with Crippen molar-refractivity contribution in [2.45, 2.75) is 46.7 Å². The molecule has 1 amide bonds. The molecule has 0 radical (unpaired) electrons. The minimum absolute atomic E-state index is 0.112. The van der Waals surface area contributed by atoms with E-state index in [0.29, 0.717) is 18.8 Å². The van der Waals surface area contributed by atoms with Gasteiger partial charge < -0.3 is 19.7 Å². The van der Waals surface area contributed by atoms with E-state index in [-0.39, 0.29) is 12.5 Å². The van der Waals surface area contributed by atoms with Crippen molar-refractivity contribution in [1.82, 2.24) is 9.88 Å². The van der Waals surface area contributed by atoms with Gasteiger partial charge in [0.15, 0.2) is 0 Å². The van der Waals surface area contributed by atoms with Gasteiger partial charge in [0.2, 0.25) is 0 Å². The van der Waals surface area contributed by atoms with E-state index >= 15 is 0 Å². The third-order valence-electron chi connectivity index (χ3n) is 3.98. The molecule has 0 aliphatic heterocycles. The van der Waals surface area contributed by atoms with Crippen LogP contribution in [0.4, 0.5) is 0 Å². The molecule has 0 fully saturated rings. The summed E-state index contributed by atoms with van der Waals surface area (Å²) in [4.78, 5) is 12.7. The summed E-state index contributed by atoms with van der Waals surface area (Å²) >= 11 is 0. The quantitative estimate of drug-likeness (QED) is 0.861. The molecule has 1 aromatic heterocycles. The van der Waals surface area contributed by atoms with Crippen LogP contribution in [0.3, 0.4) is 0 Å². The molecule has 0 saturated heterocycles. The Morgan fingerprint density at radius 2 is 2.04 bits per heavy atom. The first-order chi connectivity index (χ1) is 10.8. The Balaban J connectivity index is 2.54. The third kappa shape index (κ3) is 3.34. The van der Waals surface area contributed by atoms with Gasteiger partial charge in [0, 0.05) is 17.4 Å². The van der Waals surface area contributed by atoms with Gasteiger partial charge in [-0.3, -0.25) is 4.79 Å². The Hall–Kier alpha value is -2.01. The molecule has 2 aromatic rings. The maximum atomic E-state index is 12.7. The Kier molecular flexibility index (Phi) is 5.00. The highest BCUT2D eigenvalue weighted by molar-refractivity contribution is 6.02. The molecule has 0 unspecified atom stereocenters. The van der Waals surface area contributed by atoms with Gasteiger partial charge in [-0.05, 0) is 58.4 Å². The predicted octanol–water partition coefficient (Wildman–Crippen LogP) is 2.87. The first-order valence-electron chi connectivity index (χ1n) is 8.03. The SMILES string of the molecule is CCOc1ccc2c(c1)c(C)c(C(=O)NC(C)(C)CO)n2CC. The average Bonchev–Trinajstić information content (AvgIpc) is 2.79. The predicted molar refractivity (Wildman–Crippen MR) is 92.1 cm³/mol. The highest BCUT2D eigenvalue weighted by atomic mass is 16.5. The molecule has 1 aromatic carbocycles. The fourth-order valence-electron chi connectivity index (χ4n) is 2.79. The number of ether oxygens (including phenoxy) is 1. The second kappa shape index (κ2) is 6.62. The lowest BCUT2D eigenvalue weighted by molar-refractivity contribution is 0.0860. The number of amides is 1. The number of hydrogen-bond acceptors (Lipinski definition) is 3. The normalized spacial score (nSPS) is 11.7. The summed E-state index contributed by atoms with van der Waals surface area (Å²) in [7, 11) is 0. The standard InChI is InChI=1S/C18H26N2O3/c1-6-20-15-9-8-13(23-7-2)10-14(15)12(3)16(20)17(22)19-18(4,5)11-21/h8-10,21H,6-7,11H2,1-5H3,(H,19,22). The largest absolute Gasteiger partial charge is 0.494 e. The number of aliphatic hydroxyl groups excluding tert-OH is 1. The summed E-state index contributed by atoms with van der Waals surface area (Å²) in [6.07, 6.45) is 0. The number of aliphatic hydroxyl groups is 1. The molecule has 5 nitrogen and oxygen atoms in total. The van der Waals surface area contributed by atoms with Crippen LogP contribution in [0.1, 0.15) is 43.7 Å². The molecule has 126 valence electrons. The van der Waals surface area contributed by atoms with Crippen LogP contribution in [0.5, 0.6) is 5.75 Å². The van der Waals surface area contributed by atoms with Crippen LogP contribution in [0.2, 0.25) is 0 Å². The monoisotopic (exact) mass is 318 g/mol. The van der Waals surface area contributed by atoms with Crippen molar-refractivity contribution < 1.29 is 14.6 Å². The van der Waals surface area contributed by atoms with E-state index in [2.05, 4.69) is 5.32 Å². The van der Waals surface area contributed by atoms with E-state index in [1.54, 1.807) is 13.8 Å². The first-order valence-corrected chi connectivity index (χ1v) is 8.03. The Bertz CT molecular complexity index is 717. The average molecular weight is 318 g/mol. The van der Waals surface area contributed by atoms with Gasteiger partial charge in [-0.1, -0.05) is 0 Å². The molecule has 0 spiro atoms. The van der Waals surface area contributed by atoms with Gasteiger partial charge >= 0.3 is 0 Å². The van der Waals surface area contributed by atoms with Crippen LogP contribution >= 0.6 is 0 Å². The molecule has 23 heavy (non-hydrogen) atoms. The van der Waals surface area contributed by atoms with Crippen LogP contribution in [0, 0.1) is 6.92 Å². The first kappa shape index (κ1) is 17.3. The third-order valence-corrected chi connectivity index (χ3v) is 3.98. The lowest BCUT2D eigenvalue weighted by Gasteiger charge is -2.24. The van der Waals surface area contributed by atoms with Crippen molar-refractivity contribution in [2.75, 3.05) is 13.2 Å². The van der Waals surface area contributed by atoms with E-state index < -0.39 is 5.54 Å². The number of fused-ring (bicyclic) bond motifs is 1. The zero-order chi connectivity index (χ0) is 17.2. The lowest BCUT2D eigenvalue weighted by Crippen LogP contribution is -2.47. The summed E-state index contributed by atoms with van der Waals surface area (Å²) < 4.78 is 7.57. The number of carbonyl (C=O) groups is 1. The molecule has 0 bridgehead atoms. The molecular formula is C18H26N2O3. The fraction of sp³-hybridized carbons (Fsp3) is 0.500. The van der Waals surface area contributed by atoms with Crippen LogP contribution < -0.4 is 10.1 Å². The van der Waals surface area contributed by atoms with Gasteiger partial charge in [0.25, 0.3) is 5.91 Å². The van der Waals surface area contributed by atoms with Crippen molar-refractivity contribution in [2.24, 2.45) is 0 Å². The van der Waals surface area contributed by atoms with Crippen LogP contribution in [-0.2, 0) is 6.54 Å². The molecule has 2 rings (SSSR count). The summed E-state index contributed by atoms with van der Waals surface area (Å²) in [5.74, 6) is 0.636. The molecule has 0 aliphatic carbocycles. The van der Waals surface area contributed by atoms with E-state index in [1.165, 1.54) is 0 Å². The number of nitrogens with zero attached hydrogens (tertiary/aromatic N) is 1. The summed E-state index contributed by atoms with van der Waals surface area (Å²) in [5, 5.41) is 13.3. The Morgan fingerprint density at radius 3 is 2.61 bits per heavy atom. The van der Waals surface area contributed by atoms with Crippen molar-refractivity contribution in [1.29, 1.82) is 0 Å². The molecule has 0 atom stereocenters. The van der Waals surface area contributed by atoms with Crippen molar-refractivity contribution in [3.8, 4) is 5.75 Å². The van der Waals surface area contributed by atoms with Gasteiger partial charge in [-0.2, -0.15) is 0 Å². The smallest absolute Gasteiger partial charge is 0.268 e. The molecule has 5 heteroatoms. The second-order valence-electron chi connectivity index (χ2n) is 6.33. The highest BCUT2D eigenvalue weighted by Crippen LogP contribution is 2.29. The van der Waals surface area contributed by atoms with Crippen LogP contribution in [0.15, 0.2) is 18.2 Å². The van der Waals surface area contributed by atoms with E-state index in [0.717, 1.165) is 22.2 Å². The van der Waals surface area contributed by atoms with Gasteiger partial charge in [0.1, 0.15) is 11.4 Å². The van der Waals surface area contributed by atoms with Crippen molar-refractivity contribution in [3.05, 3.63) is 29.5 Å². The number of aryl methyl sites for hydroxylation is 2. The zero-order valence-corrected chi connectivity index (χ0v) is 14.6. The highest BCUT2D eigenvalue weighted by Gasteiger charge is 2.25. The van der Waals surface area contributed by atoms with Crippen molar-refractivity contribution in [3.63, 3.8) is 0 Å². The minimum atomic E-state index is -0.658. The number of carbonyl (C=O) groups excluding carboxylic acids is 1. The minimum Gasteiger partial charge on any atom is -0.494 e. The van der Waals surface area contributed by atoms with E-state index in [4.69, 9.17) is 4.74 Å². The van der Waals surface area contributed by atoms with Crippen LogP contribution in [-0.4, -0.2) is 34.3 Å². The Labute approximate surface area is 137 Å². The lowest BCUT2D eigenvalue weighted by atomic mass is 10.1. The van der Waals surface area contributed by atoms with Crippen molar-refractivity contribution >= 4 is 16.8 Å². The van der Waals surface area contributed by atoms with Crippen LogP contribution in [0.25, 0.3) is 10.9 Å². The molecule has 1 heterocycles. The maximum Gasteiger partial charge on any atom is 0.268 e.